The standard InChI is InChI=1S/C17H20N2O2/c1-3-19(15-9-7-14(18)8-10-15)17(20)13-5-11-16(12-6-13)21-4-2/h5-12H,3-4,18H2,1-2H3. The quantitative estimate of drug-likeness (QED) is 0.857. The van der Waals surface area contributed by atoms with Gasteiger partial charge in [0, 0.05) is 23.5 Å². The van der Waals surface area contributed by atoms with Gasteiger partial charge in [-0.3, -0.25) is 4.79 Å². The summed E-state index contributed by atoms with van der Waals surface area (Å²) in [5.74, 6) is 0.731. The smallest absolute Gasteiger partial charge is 0.258 e. The minimum absolute atomic E-state index is 0.0367. The zero-order valence-corrected chi connectivity index (χ0v) is 12.4. The van der Waals surface area contributed by atoms with Crippen molar-refractivity contribution >= 4 is 17.3 Å². The summed E-state index contributed by atoms with van der Waals surface area (Å²) in [5.41, 5.74) is 7.84. The first-order chi connectivity index (χ1) is 10.2. The molecule has 0 spiro atoms. The number of amides is 1. The van der Waals surface area contributed by atoms with Crippen molar-refractivity contribution < 1.29 is 9.53 Å². The molecule has 0 fully saturated rings. The second-order valence-corrected chi connectivity index (χ2v) is 4.60. The molecule has 0 aromatic heterocycles. The second-order valence-electron chi connectivity index (χ2n) is 4.60. The number of hydrogen-bond donors (Lipinski definition) is 1. The molecule has 0 bridgehead atoms. The summed E-state index contributed by atoms with van der Waals surface area (Å²) < 4.78 is 5.39. The molecule has 4 heteroatoms. The highest BCUT2D eigenvalue weighted by Crippen LogP contribution is 2.20. The zero-order chi connectivity index (χ0) is 15.2. The number of ether oxygens (including phenoxy) is 1. The summed E-state index contributed by atoms with van der Waals surface area (Å²) in [5, 5.41) is 0. The van der Waals surface area contributed by atoms with Gasteiger partial charge in [-0.25, -0.2) is 0 Å². The summed E-state index contributed by atoms with van der Waals surface area (Å²) in [4.78, 5) is 14.3. The molecule has 0 aliphatic rings. The normalized spacial score (nSPS) is 10.2. The largest absolute Gasteiger partial charge is 0.494 e. The predicted octanol–water partition coefficient (Wildman–Crippen LogP) is 3.33. The van der Waals surface area contributed by atoms with Crippen molar-refractivity contribution in [1.29, 1.82) is 0 Å². The highest BCUT2D eigenvalue weighted by Gasteiger charge is 2.15. The Balaban J connectivity index is 2.21. The molecule has 0 radical (unpaired) electrons. The molecule has 0 aliphatic carbocycles. The highest BCUT2D eigenvalue weighted by molar-refractivity contribution is 6.06. The average molecular weight is 284 g/mol. The maximum atomic E-state index is 12.6. The van der Waals surface area contributed by atoms with Gasteiger partial charge in [0.2, 0.25) is 0 Å². The van der Waals surface area contributed by atoms with Crippen LogP contribution in [0.1, 0.15) is 24.2 Å². The molecule has 0 saturated carbocycles. The fourth-order valence-corrected chi connectivity index (χ4v) is 2.11. The van der Waals surface area contributed by atoms with Crippen LogP contribution >= 0.6 is 0 Å². The van der Waals surface area contributed by atoms with Crippen LogP contribution < -0.4 is 15.4 Å². The number of carbonyl (C=O) groups is 1. The van der Waals surface area contributed by atoms with Gasteiger partial charge in [-0.1, -0.05) is 0 Å². The molecular formula is C17H20N2O2. The average Bonchev–Trinajstić information content (AvgIpc) is 2.51. The number of nitrogen functional groups attached to an aromatic ring is 1. The van der Waals surface area contributed by atoms with Crippen LogP contribution in [0, 0.1) is 0 Å². The van der Waals surface area contributed by atoms with Gasteiger partial charge in [-0.15, -0.1) is 0 Å². The van der Waals surface area contributed by atoms with Crippen molar-refractivity contribution in [2.75, 3.05) is 23.8 Å². The molecule has 0 heterocycles. The van der Waals surface area contributed by atoms with E-state index in [1.165, 1.54) is 0 Å². The minimum Gasteiger partial charge on any atom is -0.494 e. The van der Waals surface area contributed by atoms with Gasteiger partial charge in [-0.2, -0.15) is 0 Å². The molecule has 0 atom stereocenters. The number of carbonyl (C=O) groups excluding carboxylic acids is 1. The lowest BCUT2D eigenvalue weighted by molar-refractivity contribution is 0.0988. The van der Waals surface area contributed by atoms with Crippen molar-refractivity contribution in [2.24, 2.45) is 0 Å². The van der Waals surface area contributed by atoms with E-state index in [-0.39, 0.29) is 5.91 Å². The van der Waals surface area contributed by atoms with E-state index in [1.54, 1.807) is 29.2 Å². The van der Waals surface area contributed by atoms with Gasteiger partial charge < -0.3 is 15.4 Å². The fourth-order valence-electron chi connectivity index (χ4n) is 2.11. The van der Waals surface area contributed by atoms with E-state index in [4.69, 9.17) is 10.5 Å². The van der Waals surface area contributed by atoms with Crippen LogP contribution in [0.3, 0.4) is 0 Å². The van der Waals surface area contributed by atoms with Crippen LogP contribution in [-0.2, 0) is 0 Å². The molecule has 4 nitrogen and oxygen atoms in total. The van der Waals surface area contributed by atoms with E-state index in [9.17, 15) is 4.79 Å². The summed E-state index contributed by atoms with van der Waals surface area (Å²) in [7, 11) is 0. The SMILES string of the molecule is CCOc1ccc(C(=O)N(CC)c2ccc(N)cc2)cc1. The Bertz CT molecular complexity index is 591. The molecule has 0 aliphatic heterocycles. The summed E-state index contributed by atoms with van der Waals surface area (Å²) in [6.07, 6.45) is 0. The molecule has 2 rings (SSSR count). The number of benzene rings is 2. The molecule has 2 N–H and O–H groups in total. The molecule has 2 aromatic rings. The first kappa shape index (κ1) is 14.9. The Hall–Kier alpha value is -2.49. The van der Waals surface area contributed by atoms with Crippen LogP contribution in [0.2, 0.25) is 0 Å². The van der Waals surface area contributed by atoms with E-state index < -0.39 is 0 Å². The van der Waals surface area contributed by atoms with E-state index in [0.717, 1.165) is 11.4 Å². The Labute approximate surface area is 125 Å². The Kier molecular flexibility index (Phi) is 4.82. The molecule has 0 unspecified atom stereocenters. The van der Waals surface area contributed by atoms with E-state index in [1.807, 2.05) is 38.1 Å². The summed E-state index contributed by atoms with van der Waals surface area (Å²) in [6, 6.07) is 14.5. The lowest BCUT2D eigenvalue weighted by Crippen LogP contribution is -2.30. The van der Waals surface area contributed by atoms with Crippen LogP contribution in [0.4, 0.5) is 11.4 Å². The molecule has 2 aromatic carbocycles. The first-order valence-electron chi connectivity index (χ1n) is 7.06. The third-order valence-electron chi connectivity index (χ3n) is 3.18. The first-order valence-corrected chi connectivity index (χ1v) is 7.06. The van der Waals surface area contributed by atoms with E-state index >= 15 is 0 Å². The monoisotopic (exact) mass is 284 g/mol. The third kappa shape index (κ3) is 3.54. The van der Waals surface area contributed by atoms with E-state index in [0.29, 0.717) is 24.4 Å². The zero-order valence-electron chi connectivity index (χ0n) is 12.4. The Morgan fingerprint density at radius 2 is 1.67 bits per heavy atom. The van der Waals surface area contributed by atoms with Crippen molar-refractivity contribution in [3.8, 4) is 5.75 Å². The van der Waals surface area contributed by atoms with Crippen molar-refractivity contribution in [2.45, 2.75) is 13.8 Å². The number of rotatable bonds is 5. The van der Waals surface area contributed by atoms with Crippen LogP contribution in [0.5, 0.6) is 5.75 Å². The molecule has 0 saturated heterocycles. The summed E-state index contributed by atoms with van der Waals surface area (Å²) in [6.45, 7) is 5.08. The molecular weight excluding hydrogens is 264 g/mol. The van der Waals surface area contributed by atoms with Gasteiger partial charge >= 0.3 is 0 Å². The van der Waals surface area contributed by atoms with Gasteiger partial charge in [0.05, 0.1) is 6.61 Å². The highest BCUT2D eigenvalue weighted by atomic mass is 16.5. The van der Waals surface area contributed by atoms with Crippen LogP contribution in [-0.4, -0.2) is 19.1 Å². The van der Waals surface area contributed by atoms with Crippen LogP contribution in [0.15, 0.2) is 48.5 Å². The predicted molar refractivity (Wildman–Crippen MR) is 85.8 cm³/mol. The van der Waals surface area contributed by atoms with Crippen molar-refractivity contribution in [1.82, 2.24) is 0 Å². The lowest BCUT2D eigenvalue weighted by Gasteiger charge is -2.21. The van der Waals surface area contributed by atoms with E-state index in [2.05, 4.69) is 0 Å². The maximum absolute atomic E-state index is 12.6. The van der Waals surface area contributed by atoms with Gasteiger partial charge in [0.1, 0.15) is 5.75 Å². The number of hydrogen-bond acceptors (Lipinski definition) is 3. The molecule has 110 valence electrons. The third-order valence-corrected chi connectivity index (χ3v) is 3.18. The molecule has 1 amide bonds. The molecule has 21 heavy (non-hydrogen) atoms. The number of anilines is 2. The van der Waals surface area contributed by atoms with Crippen molar-refractivity contribution in [3.05, 3.63) is 54.1 Å². The van der Waals surface area contributed by atoms with Crippen molar-refractivity contribution in [3.63, 3.8) is 0 Å². The fraction of sp³-hybridized carbons (Fsp3) is 0.235. The minimum atomic E-state index is -0.0367. The summed E-state index contributed by atoms with van der Waals surface area (Å²) >= 11 is 0. The Morgan fingerprint density at radius 1 is 1.05 bits per heavy atom. The topological polar surface area (TPSA) is 55.6 Å². The maximum Gasteiger partial charge on any atom is 0.258 e. The number of nitrogens with zero attached hydrogens (tertiary/aromatic N) is 1. The van der Waals surface area contributed by atoms with Gasteiger partial charge in [-0.05, 0) is 62.4 Å². The Morgan fingerprint density at radius 3 is 2.19 bits per heavy atom. The number of nitrogens with two attached hydrogens (primary N) is 1. The lowest BCUT2D eigenvalue weighted by atomic mass is 10.1. The van der Waals surface area contributed by atoms with Crippen LogP contribution in [0.25, 0.3) is 0 Å². The van der Waals surface area contributed by atoms with Gasteiger partial charge in [0.15, 0.2) is 0 Å². The second kappa shape index (κ2) is 6.79. The van der Waals surface area contributed by atoms with Gasteiger partial charge in [0.25, 0.3) is 5.91 Å².